The van der Waals surface area contributed by atoms with Crippen LogP contribution < -0.4 is 0 Å². The highest BCUT2D eigenvalue weighted by molar-refractivity contribution is 5.86. The average Bonchev–Trinajstić information content (AvgIpc) is 2.57. The molecule has 0 N–H and O–H groups in total. The van der Waals surface area contributed by atoms with Crippen molar-refractivity contribution < 1.29 is 9.53 Å². The molecule has 9 heavy (non-hydrogen) atoms. The zero-order valence-corrected chi connectivity index (χ0v) is 5.46. The first-order valence-electron chi connectivity index (χ1n) is 3.47. The molecular weight excluding hydrogens is 116 g/mol. The van der Waals surface area contributed by atoms with Crippen LogP contribution in [0.25, 0.3) is 0 Å². The molecule has 1 heterocycles. The fraction of sp³-hybridized carbons (Fsp3) is 0.857. The highest BCUT2D eigenvalue weighted by atomic mass is 16.6. The van der Waals surface area contributed by atoms with Crippen LogP contribution >= 0.6 is 0 Å². The number of ether oxygens (including phenoxy) is 1. The van der Waals surface area contributed by atoms with E-state index in [0.717, 1.165) is 12.8 Å². The Kier molecular flexibility index (Phi) is 0.943. The largest absolute Gasteiger partial charge is 0.361 e. The second kappa shape index (κ2) is 1.57. The van der Waals surface area contributed by atoms with Crippen LogP contribution in [0.5, 0.6) is 0 Å². The maximum Gasteiger partial charge on any atom is 0.164 e. The number of fused-ring (bicyclic) bond motifs is 1. The Morgan fingerprint density at radius 3 is 3.11 bits per heavy atom. The molecular formula is C7H10O2. The van der Waals surface area contributed by atoms with Crippen molar-refractivity contribution >= 4 is 5.78 Å². The summed E-state index contributed by atoms with van der Waals surface area (Å²) >= 11 is 0. The summed E-state index contributed by atoms with van der Waals surface area (Å²) < 4.78 is 5.15. The second-order valence-corrected chi connectivity index (χ2v) is 3.00. The summed E-state index contributed by atoms with van der Waals surface area (Å²) in [6.45, 7) is 2.15. The van der Waals surface area contributed by atoms with E-state index < -0.39 is 0 Å². The lowest BCUT2D eigenvalue weighted by atomic mass is 9.90. The van der Waals surface area contributed by atoms with E-state index in [9.17, 15) is 4.79 Å². The van der Waals surface area contributed by atoms with E-state index >= 15 is 0 Å². The van der Waals surface area contributed by atoms with Crippen LogP contribution in [-0.2, 0) is 9.53 Å². The molecule has 2 fully saturated rings. The molecule has 0 bridgehead atoms. The summed E-state index contributed by atoms with van der Waals surface area (Å²) in [4.78, 5) is 10.9. The minimum atomic E-state index is 0.00810. The topological polar surface area (TPSA) is 29.6 Å². The Bertz CT molecular complexity index is 153. The molecule has 2 heteroatoms. The Balaban J connectivity index is 2.08. The van der Waals surface area contributed by atoms with Gasteiger partial charge in [-0.25, -0.2) is 0 Å². The van der Waals surface area contributed by atoms with Gasteiger partial charge in [0.2, 0.25) is 0 Å². The molecule has 2 nitrogen and oxygen atoms in total. The molecule has 0 aromatic rings. The molecule has 0 aromatic carbocycles. The van der Waals surface area contributed by atoms with Crippen molar-refractivity contribution in [1.29, 1.82) is 0 Å². The van der Waals surface area contributed by atoms with Gasteiger partial charge >= 0.3 is 0 Å². The molecule has 3 atom stereocenters. The van der Waals surface area contributed by atoms with Gasteiger partial charge in [-0.3, -0.25) is 4.79 Å². The molecule has 0 unspecified atom stereocenters. The second-order valence-electron chi connectivity index (χ2n) is 3.00. The predicted octanol–water partition coefficient (Wildman–Crippen LogP) is 0.753. The van der Waals surface area contributed by atoms with Crippen molar-refractivity contribution in [2.24, 2.45) is 5.92 Å². The Morgan fingerprint density at radius 2 is 2.44 bits per heavy atom. The van der Waals surface area contributed by atoms with Crippen molar-refractivity contribution in [3.8, 4) is 0 Å². The first-order valence-corrected chi connectivity index (χ1v) is 3.47. The quantitative estimate of drug-likeness (QED) is 0.448. The van der Waals surface area contributed by atoms with Crippen molar-refractivity contribution in [3.63, 3.8) is 0 Å². The lowest BCUT2D eigenvalue weighted by Gasteiger charge is -2.10. The molecule has 0 spiro atoms. The third kappa shape index (κ3) is 0.697. The Morgan fingerprint density at radius 1 is 1.67 bits per heavy atom. The summed E-state index contributed by atoms with van der Waals surface area (Å²) in [5, 5.41) is 0. The monoisotopic (exact) mass is 126 g/mol. The minimum Gasteiger partial charge on any atom is -0.361 e. The van der Waals surface area contributed by atoms with Crippen LogP contribution in [0, 0.1) is 5.92 Å². The fourth-order valence-electron chi connectivity index (χ4n) is 1.49. The van der Waals surface area contributed by atoms with E-state index in [4.69, 9.17) is 4.74 Å². The number of epoxide rings is 1. The lowest BCUT2D eigenvalue weighted by molar-refractivity contribution is -0.120. The van der Waals surface area contributed by atoms with Gasteiger partial charge in [-0.05, 0) is 12.3 Å². The van der Waals surface area contributed by atoms with Crippen LogP contribution in [0.4, 0.5) is 0 Å². The highest BCUT2D eigenvalue weighted by Gasteiger charge is 2.50. The number of Topliss-reactive ketones (excluding diaryl/α,β-unsaturated/α-hetero) is 1. The lowest BCUT2D eigenvalue weighted by Crippen LogP contribution is -2.21. The fourth-order valence-corrected chi connectivity index (χ4v) is 1.49. The predicted molar refractivity (Wildman–Crippen MR) is 32.1 cm³/mol. The molecule has 1 aliphatic carbocycles. The molecule has 2 aliphatic rings. The molecule has 50 valence electrons. The molecule has 1 aliphatic heterocycles. The number of hydrogen-bond donors (Lipinski definition) is 0. The number of hydrogen-bond acceptors (Lipinski definition) is 2. The Labute approximate surface area is 54.2 Å². The van der Waals surface area contributed by atoms with Gasteiger partial charge in [0.15, 0.2) is 5.78 Å². The summed E-state index contributed by atoms with van der Waals surface area (Å²) in [6.07, 6.45) is 2.07. The van der Waals surface area contributed by atoms with E-state index in [0.29, 0.717) is 17.8 Å². The smallest absolute Gasteiger partial charge is 0.164 e. The molecule has 0 aromatic heterocycles. The minimum absolute atomic E-state index is 0.00810. The van der Waals surface area contributed by atoms with E-state index in [2.05, 4.69) is 6.92 Å². The van der Waals surface area contributed by atoms with Gasteiger partial charge in [-0.1, -0.05) is 6.92 Å². The summed E-state index contributed by atoms with van der Waals surface area (Å²) in [6, 6.07) is 0. The third-order valence-electron chi connectivity index (χ3n) is 2.25. The van der Waals surface area contributed by atoms with Crippen LogP contribution in [0.1, 0.15) is 19.8 Å². The van der Waals surface area contributed by atoms with Crippen LogP contribution in [0.2, 0.25) is 0 Å². The van der Waals surface area contributed by atoms with Gasteiger partial charge in [0.25, 0.3) is 0 Å². The SMILES string of the molecule is C[C@H]1CCC(=O)[C@H]2O[C@H]21. The van der Waals surface area contributed by atoms with Crippen molar-refractivity contribution in [1.82, 2.24) is 0 Å². The van der Waals surface area contributed by atoms with Gasteiger partial charge in [0, 0.05) is 6.42 Å². The maximum atomic E-state index is 10.9. The van der Waals surface area contributed by atoms with Crippen molar-refractivity contribution in [2.45, 2.75) is 32.0 Å². The van der Waals surface area contributed by atoms with E-state index in [1.54, 1.807) is 0 Å². The number of rotatable bonds is 0. The molecule has 0 radical (unpaired) electrons. The zero-order valence-electron chi connectivity index (χ0n) is 5.46. The van der Waals surface area contributed by atoms with Crippen molar-refractivity contribution in [2.75, 3.05) is 0 Å². The van der Waals surface area contributed by atoms with E-state index in [-0.39, 0.29) is 6.10 Å². The van der Waals surface area contributed by atoms with Gasteiger partial charge in [0.1, 0.15) is 6.10 Å². The van der Waals surface area contributed by atoms with Crippen LogP contribution in [-0.4, -0.2) is 18.0 Å². The van der Waals surface area contributed by atoms with Gasteiger partial charge in [-0.15, -0.1) is 0 Å². The van der Waals surface area contributed by atoms with E-state index in [1.165, 1.54) is 0 Å². The third-order valence-corrected chi connectivity index (χ3v) is 2.25. The molecule has 1 saturated carbocycles. The number of carbonyl (C=O) groups is 1. The average molecular weight is 126 g/mol. The van der Waals surface area contributed by atoms with Crippen LogP contribution in [0.3, 0.4) is 0 Å². The molecule has 1 saturated heterocycles. The number of carbonyl (C=O) groups excluding carboxylic acids is 1. The summed E-state index contributed by atoms with van der Waals surface area (Å²) in [5.41, 5.74) is 0. The first-order chi connectivity index (χ1) is 4.29. The standard InChI is InChI=1S/C7H10O2/c1-4-2-3-5(8)7-6(4)9-7/h4,6-7H,2-3H2,1H3/t4-,6-,7+/m0/s1. The maximum absolute atomic E-state index is 10.9. The normalized spacial score (nSPS) is 48.6. The Hall–Kier alpha value is -0.370. The first kappa shape index (κ1) is 5.42. The van der Waals surface area contributed by atoms with E-state index in [1.807, 2.05) is 0 Å². The summed E-state index contributed by atoms with van der Waals surface area (Å²) in [7, 11) is 0. The molecule has 2 rings (SSSR count). The zero-order chi connectivity index (χ0) is 6.43. The van der Waals surface area contributed by atoms with Gasteiger partial charge in [0.05, 0.1) is 6.10 Å². The highest BCUT2D eigenvalue weighted by Crippen LogP contribution is 2.37. The molecule has 0 amide bonds. The van der Waals surface area contributed by atoms with Crippen molar-refractivity contribution in [3.05, 3.63) is 0 Å². The summed E-state index contributed by atoms with van der Waals surface area (Å²) in [5.74, 6) is 0.936. The van der Waals surface area contributed by atoms with Gasteiger partial charge in [-0.2, -0.15) is 0 Å². The van der Waals surface area contributed by atoms with Gasteiger partial charge < -0.3 is 4.74 Å². The van der Waals surface area contributed by atoms with Crippen LogP contribution in [0.15, 0.2) is 0 Å². The number of ketones is 1.